The Balaban J connectivity index is 0. The van der Waals surface area contributed by atoms with Gasteiger partial charge in [-0.25, -0.2) is 0 Å². The summed E-state index contributed by atoms with van der Waals surface area (Å²) in [6.07, 6.45) is 4.40. The van der Waals surface area contributed by atoms with Crippen LogP contribution in [0.15, 0.2) is 6.20 Å². The number of carbonyl (C=O) groups is 1. The zero-order valence-corrected chi connectivity index (χ0v) is 13.4. The van der Waals surface area contributed by atoms with E-state index in [1.807, 2.05) is 32.6 Å². The van der Waals surface area contributed by atoms with Crippen LogP contribution in [-0.4, -0.2) is 38.8 Å². The smallest absolute Gasteiger partial charge is 0.219 e. The maximum atomic E-state index is 11.0. The van der Waals surface area contributed by atoms with E-state index < -0.39 is 0 Å². The molecule has 0 unspecified atom stereocenters. The Morgan fingerprint density at radius 1 is 1.43 bits per heavy atom. The number of hydrogen-bond acceptors (Lipinski definition) is 3. The molecule has 0 spiro atoms. The molecule has 0 bridgehead atoms. The number of fused-ring (bicyclic) bond motifs is 1. The summed E-state index contributed by atoms with van der Waals surface area (Å²) < 4.78 is 0. The van der Waals surface area contributed by atoms with Gasteiger partial charge in [-0.1, -0.05) is 35.1 Å². The van der Waals surface area contributed by atoms with Crippen molar-refractivity contribution in [1.82, 2.24) is 15.1 Å². The molecule has 0 radical (unpaired) electrons. The van der Waals surface area contributed by atoms with Gasteiger partial charge in [0.1, 0.15) is 0 Å². The van der Waals surface area contributed by atoms with Crippen molar-refractivity contribution in [1.29, 1.82) is 0 Å². The Morgan fingerprint density at radius 3 is 2.43 bits per heavy atom. The highest BCUT2D eigenvalue weighted by Crippen LogP contribution is 2.15. The van der Waals surface area contributed by atoms with Gasteiger partial charge in [-0.15, -0.1) is 0 Å². The highest BCUT2D eigenvalue weighted by atomic mass is 16.3. The second-order valence-corrected chi connectivity index (χ2v) is 4.53. The molecule has 5 nitrogen and oxygen atoms in total. The summed E-state index contributed by atoms with van der Waals surface area (Å²) in [7, 11) is 0. The standard InChI is InChI=1S/C8H11N3O.C5H12O.C2H6.CH4/c1-6(12)11-3-2-8-7(5-11)4-9-10-8;1-3-5(6)4-2;1-2;/h4H,2-3,5H2,1H3,(H,9,10);5-6H,3-4H2,1-2H3;1-2H3;1H4. The largest absolute Gasteiger partial charge is 0.393 e. The monoisotopic (exact) mass is 299 g/mol. The summed E-state index contributed by atoms with van der Waals surface area (Å²) in [5.41, 5.74) is 2.32. The van der Waals surface area contributed by atoms with Crippen LogP contribution in [0.1, 0.15) is 66.1 Å². The summed E-state index contributed by atoms with van der Waals surface area (Å²) >= 11 is 0. The number of nitrogens with zero attached hydrogens (tertiary/aromatic N) is 2. The lowest BCUT2D eigenvalue weighted by Crippen LogP contribution is -2.33. The van der Waals surface area contributed by atoms with Crippen LogP contribution in [0.5, 0.6) is 0 Å². The first-order valence-corrected chi connectivity index (χ1v) is 7.53. The number of aromatic amines is 1. The van der Waals surface area contributed by atoms with Crippen LogP contribution >= 0.6 is 0 Å². The van der Waals surface area contributed by atoms with E-state index in [1.54, 1.807) is 13.1 Å². The summed E-state index contributed by atoms with van der Waals surface area (Å²) in [6.45, 7) is 11.1. The molecule has 0 atom stereocenters. The summed E-state index contributed by atoms with van der Waals surface area (Å²) in [6, 6.07) is 0. The van der Waals surface area contributed by atoms with E-state index in [4.69, 9.17) is 5.11 Å². The van der Waals surface area contributed by atoms with Crippen LogP contribution in [-0.2, 0) is 17.8 Å². The normalized spacial score (nSPS) is 12.2. The van der Waals surface area contributed by atoms with E-state index >= 15 is 0 Å². The number of hydrogen-bond donors (Lipinski definition) is 2. The molecular weight excluding hydrogens is 266 g/mol. The first kappa shape index (κ1) is 21.9. The molecule has 0 saturated carbocycles. The third-order valence-corrected chi connectivity index (χ3v) is 3.19. The van der Waals surface area contributed by atoms with Crippen LogP contribution in [0.2, 0.25) is 0 Å². The fourth-order valence-electron chi connectivity index (χ4n) is 1.78. The average Bonchev–Trinajstić information content (AvgIpc) is 2.96. The number of aliphatic hydroxyl groups is 1. The predicted molar refractivity (Wildman–Crippen MR) is 88.1 cm³/mol. The SMILES string of the molecule is C.CC.CC(=O)N1CCc2[nH]ncc2C1.CCC(O)CC. The maximum Gasteiger partial charge on any atom is 0.219 e. The number of carbonyl (C=O) groups excluding carboxylic acids is 1. The number of aliphatic hydroxyl groups excluding tert-OH is 1. The fraction of sp³-hybridized carbons (Fsp3) is 0.750. The summed E-state index contributed by atoms with van der Waals surface area (Å²) in [4.78, 5) is 12.9. The number of rotatable bonds is 2. The van der Waals surface area contributed by atoms with Crippen molar-refractivity contribution in [3.05, 3.63) is 17.5 Å². The van der Waals surface area contributed by atoms with Crippen LogP contribution in [0.3, 0.4) is 0 Å². The highest BCUT2D eigenvalue weighted by Gasteiger charge is 2.18. The fourth-order valence-corrected chi connectivity index (χ4v) is 1.78. The van der Waals surface area contributed by atoms with E-state index in [0.717, 1.165) is 31.4 Å². The molecule has 1 aromatic heterocycles. The van der Waals surface area contributed by atoms with Crippen molar-refractivity contribution in [3.8, 4) is 0 Å². The van der Waals surface area contributed by atoms with Gasteiger partial charge in [0.2, 0.25) is 5.91 Å². The molecule has 1 aliphatic rings. The second-order valence-electron chi connectivity index (χ2n) is 4.53. The van der Waals surface area contributed by atoms with Gasteiger partial charge in [-0.3, -0.25) is 9.89 Å². The molecular formula is C16H33N3O2. The highest BCUT2D eigenvalue weighted by molar-refractivity contribution is 5.73. The number of aromatic nitrogens is 2. The number of H-pyrrole nitrogens is 1. The number of nitrogens with one attached hydrogen (secondary N) is 1. The molecule has 0 fully saturated rings. The van der Waals surface area contributed by atoms with E-state index in [9.17, 15) is 4.79 Å². The minimum Gasteiger partial charge on any atom is -0.393 e. The van der Waals surface area contributed by atoms with Crippen LogP contribution in [0, 0.1) is 0 Å². The lowest BCUT2D eigenvalue weighted by Gasteiger charge is -2.24. The number of amides is 1. The molecule has 0 aromatic carbocycles. The van der Waals surface area contributed by atoms with Gasteiger partial charge in [0.05, 0.1) is 12.3 Å². The van der Waals surface area contributed by atoms with Crippen molar-refractivity contribution in [3.63, 3.8) is 0 Å². The third-order valence-electron chi connectivity index (χ3n) is 3.19. The third kappa shape index (κ3) is 7.85. The van der Waals surface area contributed by atoms with Crippen molar-refractivity contribution in [2.75, 3.05) is 6.54 Å². The Kier molecular flexibility index (Phi) is 12.9. The van der Waals surface area contributed by atoms with Gasteiger partial charge in [0.15, 0.2) is 0 Å². The molecule has 2 heterocycles. The van der Waals surface area contributed by atoms with E-state index in [2.05, 4.69) is 10.2 Å². The molecule has 1 amide bonds. The summed E-state index contributed by atoms with van der Waals surface area (Å²) in [5.74, 6) is 0.141. The van der Waals surface area contributed by atoms with Crippen molar-refractivity contribution in [2.24, 2.45) is 0 Å². The molecule has 5 heteroatoms. The van der Waals surface area contributed by atoms with Crippen LogP contribution < -0.4 is 0 Å². The zero-order chi connectivity index (χ0) is 15.5. The van der Waals surface area contributed by atoms with Crippen molar-refractivity contribution in [2.45, 2.75) is 74.0 Å². The minimum atomic E-state index is -0.0648. The van der Waals surface area contributed by atoms with E-state index in [0.29, 0.717) is 6.54 Å². The van der Waals surface area contributed by atoms with Gasteiger partial charge in [0.25, 0.3) is 0 Å². The Bertz CT molecular complexity index is 373. The Hall–Kier alpha value is -1.36. The molecule has 1 aliphatic heterocycles. The van der Waals surface area contributed by atoms with Crippen LogP contribution in [0.4, 0.5) is 0 Å². The molecule has 0 saturated heterocycles. The van der Waals surface area contributed by atoms with Gasteiger partial charge in [-0.2, -0.15) is 5.10 Å². The predicted octanol–water partition coefficient (Wildman–Crippen LogP) is 3.14. The molecule has 124 valence electrons. The maximum absolute atomic E-state index is 11.0. The van der Waals surface area contributed by atoms with E-state index in [-0.39, 0.29) is 19.4 Å². The minimum absolute atomic E-state index is 0. The average molecular weight is 299 g/mol. The van der Waals surface area contributed by atoms with Gasteiger partial charge in [0, 0.05) is 37.7 Å². The Morgan fingerprint density at radius 2 is 2.00 bits per heavy atom. The molecule has 2 N–H and O–H groups in total. The Labute approximate surface area is 129 Å². The second kappa shape index (κ2) is 12.4. The summed E-state index contributed by atoms with van der Waals surface area (Å²) in [5, 5.41) is 15.5. The lowest BCUT2D eigenvalue weighted by atomic mass is 10.1. The van der Waals surface area contributed by atoms with Crippen molar-refractivity contribution >= 4 is 5.91 Å². The van der Waals surface area contributed by atoms with Crippen LogP contribution in [0.25, 0.3) is 0 Å². The quantitative estimate of drug-likeness (QED) is 0.881. The molecule has 2 rings (SSSR count). The first-order chi connectivity index (χ1) is 9.58. The van der Waals surface area contributed by atoms with E-state index in [1.165, 1.54) is 5.69 Å². The topological polar surface area (TPSA) is 69.2 Å². The lowest BCUT2D eigenvalue weighted by molar-refractivity contribution is -0.129. The van der Waals surface area contributed by atoms with Gasteiger partial charge in [-0.05, 0) is 12.8 Å². The molecule has 1 aromatic rings. The van der Waals surface area contributed by atoms with Gasteiger partial charge >= 0.3 is 0 Å². The van der Waals surface area contributed by atoms with Gasteiger partial charge < -0.3 is 10.0 Å². The first-order valence-electron chi connectivity index (χ1n) is 7.53. The zero-order valence-electron chi connectivity index (χ0n) is 13.4. The molecule has 0 aliphatic carbocycles. The van der Waals surface area contributed by atoms with Crippen molar-refractivity contribution < 1.29 is 9.90 Å². The molecule has 21 heavy (non-hydrogen) atoms.